The molecule has 5 rings (SSSR count). The number of benzene rings is 1. The number of hydrogen-bond acceptors (Lipinski definition) is 11. The number of carbonyl (C=O) groups excluding carboxylic acids is 1. The highest BCUT2D eigenvalue weighted by atomic mass is 19.1. The summed E-state index contributed by atoms with van der Waals surface area (Å²) in [7, 11) is 0. The highest BCUT2D eigenvalue weighted by Crippen LogP contribution is 2.31. The van der Waals surface area contributed by atoms with E-state index in [1.165, 1.54) is 35.6 Å². The number of imidazole rings is 1. The van der Waals surface area contributed by atoms with Crippen LogP contribution in [0.2, 0.25) is 0 Å². The Bertz CT molecular complexity index is 1330. The molecule has 0 radical (unpaired) electrons. The first-order valence-corrected chi connectivity index (χ1v) is 11.8. The van der Waals surface area contributed by atoms with Gasteiger partial charge in [-0.15, -0.1) is 0 Å². The number of hydrogen-bond donors (Lipinski definition) is 3. The zero-order valence-corrected chi connectivity index (χ0v) is 20.3. The maximum atomic E-state index is 14.8. The van der Waals surface area contributed by atoms with Crippen molar-refractivity contribution in [1.82, 2.24) is 24.8 Å². The van der Waals surface area contributed by atoms with Gasteiger partial charge in [-0.2, -0.15) is 0 Å². The van der Waals surface area contributed by atoms with Crippen molar-refractivity contribution in [3.63, 3.8) is 0 Å². The largest absolute Gasteiger partial charge is 0.441 e. The fraction of sp³-hybridized carbons (Fsp3) is 0.391. The van der Waals surface area contributed by atoms with Gasteiger partial charge in [0.05, 0.1) is 25.4 Å². The van der Waals surface area contributed by atoms with E-state index in [0.717, 1.165) is 0 Å². The van der Waals surface area contributed by atoms with Crippen molar-refractivity contribution in [3.05, 3.63) is 52.7 Å². The minimum Gasteiger partial charge on any atom is -0.441 e. The highest BCUT2D eigenvalue weighted by Gasteiger charge is 2.40. The van der Waals surface area contributed by atoms with Crippen LogP contribution in [0.4, 0.5) is 26.6 Å². The van der Waals surface area contributed by atoms with E-state index in [9.17, 15) is 24.4 Å². The van der Waals surface area contributed by atoms with E-state index in [0.29, 0.717) is 43.4 Å². The lowest BCUT2D eigenvalue weighted by Crippen LogP contribution is -2.43. The van der Waals surface area contributed by atoms with E-state index >= 15 is 0 Å². The molecule has 38 heavy (non-hydrogen) atoms. The maximum Gasteiger partial charge on any atom is 0.415 e. The van der Waals surface area contributed by atoms with Gasteiger partial charge in [0.15, 0.2) is 0 Å². The van der Waals surface area contributed by atoms with Gasteiger partial charge < -0.3 is 35.3 Å². The van der Waals surface area contributed by atoms with E-state index in [4.69, 9.17) is 9.47 Å². The van der Waals surface area contributed by atoms with Crippen LogP contribution >= 0.6 is 0 Å². The molecule has 0 aliphatic carbocycles. The number of ether oxygens (including phenoxy) is 2. The molecule has 0 bridgehead atoms. The van der Waals surface area contributed by atoms with E-state index in [2.05, 4.69) is 25.6 Å². The molecule has 3 N–H and O–H groups in total. The molecule has 1 saturated heterocycles. The topological polar surface area (TPSA) is 170 Å². The number of nitrogens with one attached hydrogen (secondary N) is 2. The Morgan fingerprint density at radius 2 is 2.11 bits per heavy atom. The minimum atomic E-state index is -0.635. The fourth-order valence-corrected chi connectivity index (χ4v) is 4.28. The van der Waals surface area contributed by atoms with Crippen LogP contribution in [0.5, 0.6) is 6.01 Å². The number of fused-ring (bicyclic) bond motifs is 1. The predicted octanol–water partition coefficient (Wildman–Crippen LogP) is 1.56. The molecule has 0 spiro atoms. The van der Waals surface area contributed by atoms with Crippen LogP contribution in [0.1, 0.15) is 6.92 Å². The van der Waals surface area contributed by atoms with Crippen LogP contribution in [0.15, 0.2) is 36.8 Å². The third kappa shape index (κ3) is 5.19. The normalized spacial score (nSPS) is 20.2. The van der Waals surface area contributed by atoms with Gasteiger partial charge >= 0.3 is 17.9 Å². The number of anilines is 2. The summed E-state index contributed by atoms with van der Waals surface area (Å²) in [5.41, 5.74) is 0.509. The number of nitro groups is 1. The summed E-state index contributed by atoms with van der Waals surface area (Å²) >= 11 is 0. The SMILES string of the molecule is CC1(CNCCNc2ncc(-c3ccc(N4C[C@H](CO)OC4=O)cc3F)cn2)Cn2cc([N+](=O)[O-])nc2O1. The minimum absolute atomic E-state index is 0.147. The molecule has 0 saturated carbocycles. The number of aromatic nitrogens is 4. The van der Waals surface area contributed by atoms with E-state index in [1.807, 2.05) is 6.92 Å². The average Bonchev–Trinajstić information content (AvgIpc) is 3.55. The number of halogens is 1. The molecule has 2 atom stereocenters. The summed E-state index contributed by atoms with van der Waals surface area (Å²) in [6.45, 7) is 3.76. The third-order valence-corrected chi connectivity index (χ3v) is 6.15. The zero-order valence-electron chi connectivity index (χ0n) is 20.3. The van der Waals surface area contributed by atoms with Crippen molar-refractivity contribution in [3.8, 4) is 17.1 Å². The van der Waals surface area contributed by atoms with Crippen LogP contribution in [-0.2, 0) is 11.3 Å². The Kier molecular flexibility index (Phi) is 6.77. The van der Waals surface area contributed by atoms with Crippen LogP contribution in [0.3, 0.4) is 0 Å². The monoisotopic (exact) mass is 528 g/mol. The number of amides is 1. The van der Waals surface area contributed by atoms with E-state index in [-0.39, 0.29) is 30.5 Å². The summed E-state index contributed by atoms with van der Waals surface area (Å²) in [5, 5.41) is 26.3. The fourth-order valence-electron chi connectivity index (χ4n) is 4.28. The molecule has 1 amide bonds. The lowest BCUT2D eigenvalue weighted by atomic mass is 10.1. The average molecular weight is 529 g/mol. The van der Waals surface area contributed by atoms with Gasteiger partial charge in [-0.25, -0.2) is 19.2 Å². The van der Waals surface area contributed by atoms with Gasteiger partial charge in [0.25, 0.3) is 0 Å². The Hall–Kier alpha value is -4.37. The summed E-state index contributed by atoms with van der Waals surface area (Å²) in [6.07, 6.45) is 3.10. The highest BCUT2D eigenvalue weighted by molar-refractivity contribution is 5.90. The standard InChI is InChI=1S/C23H25FN8O6/c1-23(13-30-10-19(32(35)36)29-21(30)38-23)12-25-4-5-26-20-27-7-14(8-28-20)17-3-2-15(6-18(17)24)31-9-16(11-33)37-22(31)34/h2-3,6-8,10,16,25,33H,4-5,9,11-13H2,1H3,(H,26,27,28)/t16-,23?/m1/s1. The van der Waals surface area contributed by atoms with Gasteiger partial charge in [-0.05, 0) is 30.0 Å². The molecule has 1 aromatic carbocycles. The molecule has 14 nitrogen and oxygen atoms in total. The van der Waals surface area contributed by atoms with Crippen molar-refractivity contribution in [1.29, 1.82) is 0 Å². The summed E-state index contributed by atoms with van der Waals surface area (Å²) < 4.78 is 27.2. The number of nitrogens with zero attached hydrogens (tertiary/aromatic N) is 6. The number of carbonyl (C=O) groups is 1. The van der Waals surface area contributed by atoms with Crippen LogP contribution < -0.4 is 20.3 Å². The molecule has 2 aromatic heterocycles. The molecule has 1 unspecified atom stereocenters. The Morgan fingerprint density at radius 1 is 1.32 bits per heavy atom. The quantitative estimate of drug-likeness (QED) is 0.198. The molecule has 2 aliphatic heterocycles. The molecule has 4 heterocycles. The van der Waals surface area contributed by atoms with Crippen molar-refractivity contribution in [2.45, 2.75) is 25.2 Å². The van der Waals surface area contributed by atoms with Crippen molar-refractivity contribution in [2.75, 3.05) is 43.0 Å². The molecular weight excluding hydrogens is 503 g/mol. The number of aliphatic hydroxyl groups is 1. The van der Waals surface area contributed by atoms with Crippen molar-refractivity contribution in [2.24, 2.45) is 0 Å². The van der Waals surface area contributed by atoms with E-state index < -0.39 is 28.5 Å². The maximum absolute atomic E-state index is 14.8. The van der Waals surface area contributed by atoms with Gasteiger partial charge in [-0.1, -0.05) is 0 Å². The Morgan fingerprint density at radius 3 is 2.76 bits per heavy atom. The van der Waals surface area contributed by atoms with Gasteiger partial charge in [0, 0.05) is 48.1 Å². The zero-order chi connectivity index (χ0) is 26.9. The summed E-state index contributed by atoms with van der Waals surface area (Å²) in [5.74, 6) is -0.413. The lowest BCUT2D eigenvalue weighted by molar-refractivity contribution is -0.389. The molecule has 2 aliphatic rings. The second-order valence-corrected chi connectivity index (χ2v) is 9.18. The summed E-state index contributed by atoms with van der Waals surface area (Å²) in [6, 6.07) is 4.60. The Balaban J connectivity index is 1.09. The van der Waals surface area contributed by atoms with Gasteiger partial charge in [0.1, 0.15) is 23.7 Å². The first kappa shape index (κ1) is 25.3. The van der Waals surface area contributed by atoms with Crippen LogP contribution in [-0.4, -0.2) is 80.1 Å². The molecular formula is C23H25FN8O6. The van der Waals surface area contributed by atoms with Crippen LogP contribution in [0.25, 0.3) is 11.1 Å². The van der Waals surface area contributed by atoms with Gasteiger partial charge in [0.2, 0.25) is 5.95 Å². The number of rotatable bonds is 10. The predicted molar refractivity (Wildman–Crippen MR) is 131 cm³/mol. The molecule has 200 valence electrons. The van der Waals surface area contributed by atoms with Crippen molar-refractivity contribution < 1.29 is 28.7 Å². The Labute approximate surface area is 215 Å². The van der Waals surface area contributed by atoms with Crippen LogP contribution in [0, 0.1) is 15.9 Å². The number of aliphatic hydroxyl groups excluding tert-OH is 1. The van der Waals surface area contributed by atoms with Crippen molar-refractivity contribution >= 4 is 23.5 Å². The first-order chi connectivity index (χ1) is 18.2. The molecule has 15 heteroatoms. The first-order valence-electron chi connectivity index (χ1n) is 11.8. The van der Waals surface area contributed by atoms with E-state index in [1.54, 1.807) is 10.6 Å². The van der Waals surface area contributed by atoms with Gasteiger partial charge in [-0.3, -0.25) is 9.47 Å². The smallest absolute Gasteiger partial charge is 0.415 e. The molecule has 3 aromatic rings. The third-order valence-electron chi connectivity index (χ3n) is 6.15. The molecule has 1 fully saturated rings. The second kappa shape index (κ2) is 10.2. The number of cyclic esters (lactones) is 1. The lowest BCUT2D eigenvalue weighted by Gasteiger charge is -2.22. The second-order valence-electron chi connectivity index (χ2n) is 9.18. The summed E-state index contributed by atoms with van der Waals surface area (Å²) in [4.78, 5) is 35.8.